The Morgan fingerprint density at radius 3 is 2.63 bits per heavy atom. The number of aryl methyl sites for hydroxylation is 1. The molecule has 1 atom stereocenters. The van der Waals surface area contributed by atoms with Gasteiger partial charge in [0, 0.05) is 10.4 Å². The molecule has 0 saturated heterocycles. The first kappa shape index (κ1) is 27.1. The average Bonchev–Trinajstić information content (AvgIpc) is 3.67. The molecule has 43 heavy (non-hydrogen) atoms. The first-order valence-electron chi connectivity index (χ1n) is 13.7. The van der Waals surface area contributed by atoms with Crippen LogP contribution in [0.4, 0.5) is 5.69 Å². The highest BCUT2D eigenvalue weighted by atomic mass is 32.1. The van der Waals surface area contributed by atoms with Gasteiger partial charge in [0.05, 0.1) is 39.9 Å². The standard InChI is InChI=1S/C33H25N3O5S2/c1-40-26-16-22(25(36(38)39)18-27(26)41-19-20-8-3-2-4-9-20)17-29-32(37)35-31(28-12-7-15-42-28)24-14-13-21-10-5-6-11-23(21)30(24)34-33(35)43-29/h2-12,15-18,31H,13-14,19H2,1H3/b29-17+/t31-/m0/s1. The van der Waals surface area contributed by atoms with Crippen LogP contribution >= 0.6 is 22.7 Å². The lowest BCUT2D eigenvalue weighted by Crippen LogP contribution is -2.38. The first-order valence-corrected chi connectivity index (χ1v) is 15.4. The van der Waals surface area contributed by atoms with Crippen molar-refractivity contribution >= 4 is 40.1 Å². The van der Waals surface area contributed by atoms with Crippen LogP contribution in [0.3, 0.4) is 0 Å². The van der Waals surface area contributed by atoms with Crippen molar-refractivity contribution in [1.82, 2.24) is 4.57 Å². The second-order valence-corrected chi connectivity index (χ2v) is 12.2. The van der Waals surface area contributed by atoms with E-state index in [0.29, 0.717) is 15.1 Å². The zero-order valence-corrected chi connectivity index (χ0v) is 24.7. The van der Waals surface area contributed by atoms with Crippen molar-refractivity contribution in [3.05, 3.63) is 147 Å². The summed E-state index contributed by atoms with van der Waals surface area (Å²) in [5.74, 6) is 0.588. The minimum atomic E-state index is -0.470. The summed E-state index contributed by atoms with van der Waals surface area (Å²) in [7, 11) is 1.48. The van der Waals surface area contributed by atoms with Gasteiger partial charge in [0.15, 0.2) is 16.3 Å². The number of ether oxygens (including phenoxy) is 2. The molecule has 7 rings (SSSR count). The van der Waals surface area contributed by atoms with E-state index >= 15 is 0 Å². The number of thiazole rings is 1. The molecule has 3 heterocycles. The van der Waals surface area contributed by atoms with Crippen LogP contribution in [0.15, 0.2) is 99.6 Å². The molecule has 0 radical (unpaired) electrons. The molecule has 0 spiro atoms. The number of benzene rings is 3. The predicted molar refractivity (Wildman–Crippen MR) is 167 cm³/mol. The second kappa shape index (κ2) is 11.1. The van der Waals surface area contributed by atoms with E-state index in [0.717, 1.165) is 40.1 Å². The Bertz CT molecular complexity index is 2080. The monoisotopic (exact) mass is 607 g/mol. The van der Waals surface area contributed by atoms with Crippen molar-refractivity contribution in [3.8, 4) is 11.5 Å². The molecule has 0 saturated carbocycles. The maximum absolute atomic E-state index is 14.0. The molecule has 2 aliphatic rings. The summed E-state index contributed by atoms with van der Waals surface area (Å²) < 4.78 is 13.6. The number of allylic oxidation sites excluding steroid dienone is 1. The lowest BCUT2D eigenvalue weighted by atomic mass is 9.85. The highest BCUT2D eigenvalue weighted by molar-refractivity contribution is 7.10. The molecule has 214 valence electrons. The molecule has 0 amide bonds. The van der Waals surface area contributed by atoms with E-state index in [1.807, 2.05) is 60.0 Å². The summed E-state index contributed by atoms with van der Waals surface area (Å²) in [5.41, 5.74) is 5.13. The third-order valence-corrected chi connectivity index (χ3v) is 9.63. The summed E-state index contributed by atoms with van der Waals surface area (Å²) in [6.07, 6.45) is 3.24. The average molecular weight is 608 g/mol. The molecule has 8 nitrogen and oxygen atoms in total. The van der Waals surface area contributed by atoms with E-state index in [9.17, 15) is 14.9 Å². The number of nitrogens with zero attached hydrogens (tertiary/aromatic N) is 3. The topological polar surface area (TPSA) is 96.0 Å². The Balaban J connectivity index is 1.37. The van der Waals surface area contributed by atoms with Gasteiger partial charge in [0.1, 0.15) is 6.61 Å². The van der Waals surface area contributed by atoms with E-state index in [2.05, 4.69) is 12.1 Å². The minimum absolute atomic E-state index is 0.183. The third-order valence-electron chi connectivity index (χ3n) is 7.72. The van der Waals surface area contributed by atoms with Crippen molar-refractivity contribution in [2.75, 3.05) is 7.11 Å². The molecular weight excluding hydrogens is 583 g/mol. The van der Waals surface area contributed by atoms with Crippen LogP contribution in [0.5, 0.6) is 11.5 Å². The van der Waals surface area contributed by atoms with Crippen LogP contribution in [0.25, 0.3) is 11.8 Å². The fourth-order valence-electron chi connectivity index (χ4n) is 5.71. The van der Waals surface area contributed by atoms with Crippen molar-refractivity contribution in [1.29, 1.82) is 0 Å². The van der Waals surface area contributed by atoms with Gasteiger partial charge in [0.25, 0.3) is 11.2 Å². The largest absolute Gasteiger partial charge is 0.493 e. The maximum atomic E-state index is 14.0. The van der Waals surface area contributed by atoms with Gasteiger partial charge in [-0.25, -0.2) is 4.99 Å². The SMILES string of the molecule is COc1cc(/C=c2/sc3n(c2=O)[C@H](c2cccs2)C2=C(N=3)c3ccccc3CC2)c([N+](=O)[O-])cc1OCc1ccccc1. The highest BCUT2D eigenvalue weighted by Crippen LogP contribution is 2.42. The molecule has 5 aromatic rings. The molecule has 3 aromatic carbocycles. The van der Waals surface area contributed by atoms with Gasteiger partial charge >= 0.3 is 0 Å². The van der Waals surface area contributed by atoms with Crippen LogP contribution < -0.4 is 24.4 Å². The first-order chi connectivity index (χ1) is 21.0. The zero-order valence-electron chi connectivity index (χ0n) is 23.1. The van der Waals surface area contributed by atoms with Crippen molar-refractivity contribution < 1.29 is 14.4 Å². The summed E-state index contributed by atoms with van der Waals surface area (Å²) in [4.78, 5) is 32.4. The maximum Gasteiger partial charge on any atom is 0.280 e. The van der Waals surface area contributed by atoms with E-state index in [1.54, 1.807) is 28.0 Å². The minimum Gasteiger partial charge on any atom is -0.493 e. The predicted octanol–water partition coefficient (Wildman–Crippen LogP) is 5.88. The molecule has 0 bridgehead atoms. The molecule has 10 heteroatoms. The van der Waals surface area contributed by atoms with Crippen molar-refractivity contribution in [3.63, 3.8) is 0 Å². The number of hydrogen-bond acceptors (Lipinski definition) is 8. The number of thiophene rings is 1. The van der Waals surface area contributed by atoms with Crippen LogP contribution in [0, 0.1) is 10.1 Å². The molecule has 0 unspecified atom stereocenters. The van der Waals surface area contributed by atoms with E-state index in [-0.39, 0.29) is 35.2 Å². The number of nitro benzene ring substituents is 1. The molecule has 0 N–H and O–H groups in total. The van der Waals surface area contributed by atoms with E-state index in [4.69, 9.17) is 14.5 Å². The number of rotatable bonds is 7. The van der Waals surface area contributed by atoms with Crippen LogP contribution in [0.1, 0.15) is 39.6 Å². The molecule has 1 aliphatic carbocycles. The van der Waals surface area contributed by atoms with Crippen LogP contribution in [-0.2, 0) is 13.0 Å². The van der Waals surface area contributed by atoms with Crippen molar-refractivity contribution in [2.24, 2.45) is 4.99 Å². The quantitative estimate of drug-likeness (QED) is 0.170. The lowest BCUT2D eigenvalue weighted by Gasteiger charge is -2.30. The molecular formula is C33H25N3O5S2. The van der Waals surface area contributed by atoms with Crippen LogP contribution in [-0.4, -0.2) is 16.6 Å². The summed E-state index contributed by atoms with van der Waals surface area (Å²) in [6, 6.07) is 24.5. The van der Waals surface area contributed by atoms with Gasteiger partial charge in [-0.15, -0.1) is 11.3 Å². The highest BCUT2D eigenvalue weighted by Gasteiger charge is 2.33. The van der Waals surface area contributed by atoms with Gasteiger partial charge in [-0.05, 0) is 53.1 Å². The Kier molecular flexibility index (Phi) is 7.00. The van der Waals surface area contributed by atoms with Gasteiger partial charge in [-0.2, -0.15) is 0 Å². The van der Waals surface area contributed by atoms with Gasteiger partial charge in [-0.1, -0.05) is 72.0 Å². The fourth-order valence-corrected chi connectivity index (χ4v) is 7.55. The Hall–Kier alpha value is -4.80. The summed E-state index contributed by atoms with van der Waals surface area (Å²) in [6.45, 7) is 0.225. The van der Waals surface area contributed by atoms with Gasteiger partial charge < -0.3 is 9.47 Å². The number of aromatic nitrogens is 1. The van der Waals surface area contributed by atoms with Gasteiger partial charge in [0.2, 0.25) is 0 Å². The van der Waals surface area contributed by atoms with Crippen molar-refractivity contribution in [2.45, 2.75) is 25.5 Å². The van der Waals surface area contributed by atoms with Gasteiger partial charge in [-0.3, -0.25) is 19.5 Å². The summed E-state index contributed by atoms with van der Waals surface area (Å²) in [5, 5.41) is 14.2. The molecule has 1 aliphatic heterocycles. The van der Waals surface area contributed by atoms with Crippen LogP contribution in [0.2, 0.25) is 0 Å². The Labute approximate surface area is 254 Å². The summed E-state index contributed by atoms with van der Waals surface area (Å²) >= 11 is 2.84. The Morgan fingerprint density at radius 1 is 1.05 bits per heavy atom. The number of hydrogen-bond donors (Lipinski definition) is 0. The van der Waals surface area contributed by atoms with E-state index in [1.165, 1.54) is 30.1 Å². The third kappa shape index (κ3) is 4.88. The zero-order chi connectivity index (χ0) is 29.5. The lowest BCUT2D eigenvalue weighted by molar-refractivity contribution is -0.385. The molecule has 0 fully saturated rings. The smallest absolute Gasteiger partial charge is 0.280 e. The van der Waals surface area contributed by atoms with E-state index < -0.39 is 4.92 Å². The fraction of sp³-hybridized carbons (Fsp3) is 0.152. The Morgan fingerprint density at radius 2 is 1.86 bits per heavy atom. The normalized spacial score (nSPS) is 15.7. The number of nitro groups is 1. The molecule has 2 aromatic heterocycles. The second-order valence-electron chi connectivity index (χ2n) is 10.2. The number of fused-ring (bicyclic) bond motifs is 3. The number of methoxy groups -OCH3 is 1.